The molecule has 0 spiro atoms. The minimum atomic E-state index is -0.0561. The highest BCUT2D eigenvalue weighted by atomic mass is 35.5. The molecule has 1 saturated heterocycles. The van der Waals surface area contributed by atoms with Gasteiger partial charge in [-0.25, -0.2) is 0 Å². The molecule has 4 rings (SSSR count). The Hall–Kier alpha value is -2.37. The van der Waals surface area contributed by atoms with Gasteiger partial charge < -0.3 is 9.42 Å². The molecule has 1 aromatic heterocycles. The number of carbonyl (C=O) groups is 1. The molecule has 1 atom stereocenters. The van der Waals surface area contributed by atoms with E-state index in [2.05, 4.69) is 10.1 Å². The molecule has 2 heterocycles. The van der Waals surface area contributed by atoms with Crippen LogP contribution in [0.5, 0.6) is 0 Å². The standard InChI is InChI=1S/C20H17Cl2N3O2/c21-16-6-4-13(5-7-16)8-9-25-12-15(11-18(25)26)19-23-20(27-24-19)14-2-1-3-17(22)10-14/h1-7,10,15H,8-9,11-12H2. The second-order valence-corrected chi connectivity index (χ2v) is 7.46. The summed E-state index contributed by atoms with van der Waals surface area (Å²) >= 11 is 11.9. The van der Waals surface area contributed by atoms with Gasteiger partial charge in [0.05, 0.1) is 0 Å². The van der Waals surface area contributed by atoms with Crippen molar-refractivity contribution < 1.29 is 9.32 Å². The normalized spacial score (nSPS) is 16.9. The Bertz CT molecular complexity index is 956. The number of halogens is 2. The predicted molar refractivity (Wildman–Crippen MR) is 104 cm³/mol. The zero-order valence-electron chi connectivity index (χ0n) is 14.4. The van der Waals surface area contributed by atoms with Crippen LogP contribution in [0.25, 0.3) is 11.5 Å². The minimum Gasteiger partial charge on any atom is -0.342 e. The molecule has 0 aliphatic carbocycles. The van der Waals surface area contributed by atoms with E-state index in [0.717, 1.165) is 17.5 Å². The third kappa shape index (κ3) is 4.15. The molecule has 2 aromatic carbocycles. The summed E-state index contributed by atoms with van der Waals surface area (Å²) in [7, 11) is 0. The number of hydrogen-bond donors (Lipinski definition) is 0. The van der Waals surface area contributed by atoms with Crippen LogP contribution in [-0.4, -0.2) is 34.0 Å². The fourth-order valence-electron chi connectivity index (χ4n) is 3.22. The van der Waals surface area contributed by atoms with Crippen molar-refractivity contribution in [2.24, 2.45) is 0 Å². The number of aromatic nitrogens is 2. The van der Waals surface area contributed by atoms with E-state index in [1.165, 1.54) is 0 Å². The third-order valence-corrected chi connectivity index (χ3v) is 5.16. The Balaban J connectivity index is 1.41. The highest BCUT2D eigenvalue weighted by Gasteiger charge is 2.33. The van der Waals surface area contributed by atoms with Gasteiger partial charge in [0.25, 0.3) is 5.89 Å². The Labute approximate surface area is 166 Å². The first-order chi connectivity index (χ1) is 13.1. The summed E-state index contributed by atoms with van der Waals surface area (Å²) in [6.07, 6.45) is 1.19. The molecule has 1 aliphatic rings. The summed E-state index contributed by atoms with van der Waals surface area (Å²) in [6, 6.07) is 15.0. The molecule has 1 fully saturated rings. The van der Waals surface area contributed by atoms with Crippen molar-refractivity contribution >= 4 is 29.1 Å². The maximum absolute atomic E-state index is 12.4. The molecule has 7 heteroatoms. The predicted octanol–water partition coefficient (Wildman–Crippen LogP) is 4.60. The van der Waals surface area contributed by atoms with Crippen molar-refractivity contribution in [3.8, 4) is 11.5 Å². The summed E-state index contributed by atoms with van der Waals surface area (Å²) < 4.78 is 5.37. The second kappa shape index (κ2) is 7.71. The number of carbonyl (C=O) groups excluding carboxylic acids is 1. The molecule has 27 heavy (non-hydrogen) atoms. The molecule has 5 nitrogen and oxygen atoms in total. The topological polar surface area (TPSA) is 59.2 Å². The molecule has 138 valence electrons. The fraction of sp³-hybridized carbons (Fsp3) is 0.250. The minimum absolute atomic E-state index is 0.0561. The van der Waals surface area contributed by atoms with E-state index in [1.807, 2.05) is 41.3 Å². The van der Waals surface area contributed by atoms with Crippen LogP contribution >= 0.6 is 23.2 Å². The average molecular weight is 402 g/mol. The van der Waals surface area contributed by atoms with Crippen LogP contribution in [0.15, 0.2) is 53.1 Å². The number of rotatable bonds is 5. The molecule has 1 aliphatic heterocycles. The fourth-order valence-corrected chi connectivity index (χ4v) is 3.53. The van der Waals surface area contributed by atoms with Crippen LogP contribution in [-0.2, 0) is 11.2 Å². The maximum atomic E-state index is 12.4. The van der Waals surface area contributed by atoms with Gasteiger partial charge in [-0.3, -0.25) is 4.79 Å². The average Bonchev–Trinajstić information content (AvgIpc) is 3.28. The van der Waals surface area contributed by atoms with Crippen LogP contribution in [0, 0.1) is 0 Å². The first-order valence-corrected chi connectivity index (χ1v) is 9.46. The zero-order chi connectivity index (χ0) is 18.8. The Morgan fingerprint density at radius 1 is 1.11 bits per heavy atom. The molecule has 0 bridgehead atoms. The summed E-state index contributed by atoms with van der Waals surface area (Å²) in [5.41, 5.74) is 1.92. The van der Waals surface area contributed by atoms with Gasteiger partial charge in [0, 0.05) is 41.0 Å². The number of likely N-dealkylation sites (tertiary alicyclic amines) is 1. The van der Waals surface area contributed by atoms with Crippen LogP contribution in [0.1, 0.15) is 23.7 Å². The van der Waals surface area contributed by atoms with Crippen LogP contribution in [0.3, 0.4) is 0 Å². The van der Waals surface area contributed by atoms with Crippen LogP contribution in [0.2, 0.25) is 10.0 Å². The van der Waals surface area contributed by atoms with Crippen molar-refractivity contribution in [1.29, 1.82) is 0 Å². The largest absolute Gasteiger partial charge is 0.342 e. The SMILES string of the molecule is O=C1CC(c2noc(-c3cccc(Cl)c3)n2)CN1CCc1ccc(Cl)cc1. The molecule has 3 aromatic rings. The van der Waals surface area contributed by atoms with E-state index in [9.17, 15) is 4.79 Å². The monoisotopic (exact) mass is 401 g/mol. The lowest BCUT2D eigenvalue weighted by molar-refractivity contribution is -0.127. The lowest BCUT2D eigenvalue weighted by Crippen LogP contribution is -2.27. The lowest BCUT2D eigenvalue weighted by Gasteiger charge is -2.15. The highest BCUT2D eigenvalue weighted by Crippen LogP contribution is 2.29. The summed E-state index contributed by atoms with van der Waals surface area (Å²) in [5.74, 6) is 1.04. The lowest BCUT2D eigenvalue weighted by atomic mass is 10.1. The first kappa shape index (κ1) is 18.0. The van der Waals surface area contributed by atoms with E-state index in [-0.39, 0.29) is 11.8 Å². The smallest absolute Gasteiger partial charge is 0.257 e. The third-order valence-electron chi connectivity index (χ3n) is 4.68. The number of hydrogen-bond acceptors (Lipinski definition) is 4. The quantitative estimate of drug-likeness (QED) is 0.626. The van der Waals surface area contributed by atoms with Gasteiger partial charge in [-0.2, -0.15) is 4.98 Å². The number of nitrogens with zero attached hydrogens (tertiary/aromatic N) is 3. The van der Waals surface area contributed by atoms with Gasteiger partial charge >= 0.3 is 0 Å². The molecule has 0 saturated carbocycles. The van der Waals surface area contributed by atoms with Crippen LogP contribution < -0.4 is 0 Å². The summed E-state index contributed by atoms with van der Waals surface area (Å²) in [6.45, 7) is 1.26. The maximum Gasteiger partial charge on any atom is 0.257 e. The number of benzene rings is 2. The van der Waals surface area contributed by atoms with Gasteiger partial charge in [0.15, 0.2) is 5.82 Å². The molecule has 1 unspecified atom stereocenters. The van der Waals surface area contributed by atoms with Crippen molar-refractivity contribution in [2.45, 2.75) is 18.8 Å². The van der Waals surface area contributed by atoms with Crippen molar-refractivity contribution in [3.63, 3.8) is 0 Å². The van der Waals surface area contributed by atoms with E-state index in [1.54, 1.807) is 12.1 Å². The molecule has 1 amide bonds. The van der Waals surface area contributed by atoms with E-state index in [4.69, 9.17) is 27.7 Å². The number of amides is 1. The molecule has 0 radical (unpaired) electrons. The van der Waals surface area contributed by atoms with Gasteiger partial charge in [-0.1, -0.05) is 46.6 Å². The van der Waals surface area contributed by atoms with Gasteiger partial charge in [-0.05, 0) is 42.3 Å². The van der Waals surface area contributed by atoms with E-state index in [0.29, 0.717) is 41.3 Å². The first-order valence-electron chi connectivity index (χ1n) is 8.70. The highest BCUT2D eigenvalue weighted by molar-refractivity contribution is 6.31. The zero-order valence-corrected chi connectivity index (χ0v) is 16.0. The summed E-state index contributed by atoms with van der Waals surface area (Å²) in [5, 5.41) is 5.40. The van der Waals surface area contributed by atoms with Crippen molar-refractivity contribution in [2.75, 3.05) is 13.1 Å². The van der Waals surface area contributed by atoms with Gasteiger partial charge in [0.1, 0.15) is 0 Å². The second-order valence-electron chi connectivity index (χ2n) is 6.59. The Morgan fingerprint density at radius 2 is 1.93 bits per heavy atom. The summed E-state index contributed by atoms with van der Waals surface area (Å²) in [4.78, 5) is 18.7. The Kier molecular flexibility index (Phi) is 5.14. The van der Waals surface area contributed by atoms with E-state index >= 15 is 0 Å². The molecular weight excluding hydrogens is 385 g/mol. The van der Waals surface area contributed by atoms with Crippen molar-refractivity contribution in [1.82, 2.24) is 15.0 Å². The van der Waals surface area contributed by atoms with E-state index < -0.39 is 0 Å². The molecule has 0 N–H and O–H groups in total. The van der Waals surface area contributed by atoms with Crippen LogP contribution in [0.4, 0.5) is 0 Å². The van der Waals surface area contributed by atoms with Gasteiger partial charge in [-0.15, -0.1) is 0 Å². The molecular formula is C20H17Cl2N3O2. The Morgan fingerprint density at radius 3 is 2.70 bits per heavy atom. The van der Waals surface area contributed by atoms with Crippen molar-refractivity contribution in [3.05, 3.63) is 70.0 Å². The van der Waals surface area contributed by atoms with Gasteiger partial charge in [0.2, 0.25) is 5.91 Å².